The number of hydrogen-bond acceptors (Lipinski definition) is 1. The fourth-order valence-electron chi connectivity index (χ4n) is 2.15. The highest BCUT2D eigenvalue weighted by Crippen LogP contribution is 2.20. The molecular formula is C16H16BrClFN. The fraction of sp³-hybridized carbons (Fsp3) is 0.250. The number of rotatable bonds is 5. The van der Waals surface area contributed by atoms with Gasteiger partial charge in [0.1, 0.15) is 5.82 Å². The van der Waals surface area contributed by atoms with E-state index < -0.39 is 0 Å². The van der Waals surface area contributed by atoms with Crippen LogP contribution in [0.25, 0.3) is 0 Å². The first-order valence-corrected chi connectivity index (χ1v) is 7.62. The number of nitrogens with one attached hydrogen (secondary N) is 1. The maximum absolute atomic E-state index is 13.9. The van der Waals surface area contributed by atoms with Crippen molar-refractivity contribution in [2.45, 2.75) is 18.9 Å². The van der Waals surface area contributed by atoms with Crippen LogP contribution in [-0.4, -0.2) is 13.1 Å². The maximum Gasteiger partial charge on any atom is 0.145 e. The molecule has 106 valence electrons. The highest BCUT2D eigenvalue weighted by atomic mass is 79.9. The van der Waals surface area contributed by atoms with Crippen LogP contribution in [0.15, 0.2) is 46.9 Å². The average molecular weight is 357 g/mol. The molecule has 0 aromatic heterocycles. The Labute approximate surface area is 132 Å². The van der Waals surface area contributed by atoms with Gasteiger partial charge in [-0.1, -0.05) is 51.8 Å². The molecular weight excluding hydrogens is 341 g/mol. The first-order chi connectivity index (χ1) is 9.60. The molecule has 20 heavy (non-hydrogen) atoms. The van der Waals surface area contributed by atoms with E-state index in [2.05, 4.69) is 33.4 Å². The Morgan fingerprint density at radius 2 is 1.85 bits per heavy atom. The highest BCUT2D eigenvalue weighted by Gasteiger charge is 2.13. The molecule has 0 saturated carbocycles. The first-order valence-electron chi connectivity index (χ1n) is 6.44. The van der Waals surface area contributed by atoms with Crippen molar-refractivity contribution in [2.75, 3.05) is 7.05 Å². The van der Waals surface area contributed by atoms with Crippen molar-refractivity contribution in [1.82, 2.24) is 5.32 Å². The summed E-state index contributed by atoms with van der Waals surface area (Å²) in [5, 5.41) is 3.42. The molecule has 0 aliphatic rings. The van der Waals surface area contributed by atoms with Gasteiger partial charge < -0.3 is 5.32 Å². The molecule has 2 aromatic carbocycles. The van der Waals surface area contributed by atoms with Gasteiger partial charge in [-0.3, -0.25) is 0 Å². The molecule has 2 rings (SSSR count). The van der Waals surface area contributed by atoms with Crippen molar-refractivity contribution in [1.29, 1.82) is 0 Å². The Morgan fingerprint density at radius 3 is 2.50 bits per heavy atom. The van der Waals surface area contributed by atoms with E-state index in [0.29, 0.717) is 12.0 Å². The summed E-state index contributed by atoms with van der Waals surface area (Å²) in [6.07, 6.45) is 1.45. The zero-order valence-electron chi connectivity index (χ0n) is 11.2. The van der Waals surface area contributed by atoms with Gasteiger partial charge in [-0.2, -0.15) is 0 Å². The normalized spacial score (nSPS) is 12.4. The van der Waals surface area contributed by atoms with Crippen LogP contribution in [0.4, 0.5) is 4.39 Å². The van der Waals surface area contributed by atoms with E-state index in [0.717, 1.165) is 10.9 Å². The van der Waals surface area contributed by atoms with E-state index in [9.17, 15) is 4.39 Å². The molecule has 0 aliphatic carbocycles. The molecule has 4 heteroatoms. The molecule has 0 radical (unpaired) electrons. The number of benzene rings is 2. The molecule has 0 bridgehead atoms. The van der Waals surface area contributed by atoms with Crippen LogP contribution in [0.1, 0.15) is 11.1 Å². The summed E-state index contributed by atoms with van der Waals surface area (Å²) in [6, 6.07) is 13.5. The molecule has 0 aliphatic heterocycles. The summed E-state index contributed by atoms with van der Waals surface area (Å²) in [5.41, 5.74) is 1.86. The Bertz CT molecular complexity index is 571. The van der Waals surface area contributed by atoms with E-state index in [1.54, 1.807) is 18.2 Å². The molecule has 0 fully saturated rings. The van der Waals surface area contributed by atoms with E-state index in [1.807, 2.05) is 19.2 Å². The van der Waals surface area contributed by atoms with Gasteiger partial charge in [0.15, 0.2) is 0 Å². The largest absolute Gasteiger partial charge is 0.316 e. The lowest BCUT2D eigenvalue weighted by molar-refractivity contribution is 0.532. The van der Waals surface area contributed by atoms with Crippen LogP contribution in [0.2, 0.25) is 5.02 Å². The van der Waals surface area contributed by atoms with Crippen LogP contribution >= 0.6 is 27.5 Å². The fourth-order valence-corrected chi connectivity index (χ4v) is 2.61. The SMILES string of the molecule is CNC(Cc1ccc(Br)cc1)Cc1cccc(Cl)c1F. The zero-order valence-corrected chi connectivity index (χ0v) is 13.5. The second-order valence-corrected chi connectivity index (χ2v) is 6.06. The molecule has 0 spiro atoms. The maximum atomic E-state index is 13.9. The van der Waals surface area contributed by atoms with Gasteiger partial charge in [0.05, 0.1) is 5.02 Å². The third-order valence-electron chi connectivity index (χ3n) is 3.30. The van der Waals surface area contributed by atoms with Gasteiger partial charge in [-0.05, 0) is 49.2 Å². The summed E-state index contributed by atoms with van der Waals surface area (Å²) >= 11 is 9.24. The lowest BCUT2D eigenvalue weighted by atomic mass is 9.99. The topological polar surface area (TPSA) is 12.0 Å². The van der Waals surface area contributed by atoms with Crippen molar-refractivity contribution >= 4 is 27.5 Å². The Morgan fingerprint density at radius 1 is 1.15 bits per heavy atom. The standard InChI is InChI=1S/C16H16BrClFN/c1-20-14(9-11-5-7-13(17)8-6-11)10-12-3-2-4-15(18)16(12)19/h2-8,14,20H,9-10H2,1H3. The van der Waals surface area contributed by atoms with Crippen molar-refractivity contribution in [3.8, 4) is 0 Å². The Hall–Kier alpha value is -0.900. The Kier molecular flexibility index (Phi) is 5.58. The molecule has 1 N–H and O–H groups in total. The summed E-state index contributed by atoms with van der Waals surface area (Å²) < 4.78 is 15.0. The Balaban J connectivity index is 2.09. The monoisotopic (exact) mass is 355 g/mol. The minimum Gasteiger partial charge on any atom is -0.316 e. The number of halogens is 3. The minimum atomic E-state index is -0.315. The lowest BCUT2D eigenvalue weighted by Crippen LogP contribution is -2.30. The van der Waals surface area contributed by atoms with Crippen LogP contribution in [0.3, 0.4) is 0 Å². The van der Waals surface area contributed by atoms with Crippen molar-refractivity contribution < 1.29 is 4.39 Å². The molecule has 1 atom stereocenters. The van der Waals surface area contributed by atoms with Crippen molar-refractivity contribution in [3.63, 3.8) is 0 Å². The zero-order chi connectivity index (χ0) is 14.5. The third-order valence-corrected chi connectivity index (χ3v) is 4.12. The van der Waals surface area contributed by atoms with E-state index >= 15 is 0 Å². The van der Waals surface area contributed by atoms with Gasteiger partial charge in [0.25, 0.3) is 0 Å². The summed E-state index contributed by atoms with van der Waals surface area (Å²) in [5.74, 6) is -0.315. The second kappa shape index (κ2) is 7.21. The number of hydrogen-bond donors (Lipinski definition) is 1. The van der Waals surface area contributed by atoms with Gasteiger partial charge in [0.2, 0.25) is 0 Å². The molecule has 0 saturated heterocycles. The highest BCUT2D eigenvalue weighted by molar-refractivity contribution is 9.10. The van der Waals surface area contributed by atoms with Crippen LogP contribution in [0, 0.1) is 5.82 Å². The van der Waals surface area contributed by atoms with Gasteiger partial charge in [0, 0.05) is 10.5 Å². The molecule has 0 amide bonds. The van der Waals surface area contributed by atoms with Crippen molar-refractivity contribution in [2.24, 2.45) is 0 Å². The second-order valence-electron chi connectivity index (χ2n) is 4.73. The molecule has 1 unspecified atom stereocenters. The van der Waals surface area contributed by atoms with Gasteiger partial charge in [-0.15, -0.1) is 0 Å². The van der Waals surface area contributed by atoms with Crippen molar-refractivity contribution in [3.05, 3.63) is 68.9 Å². The van der Waals surface area contributed by atoms with Crippen LogP contribution in [-0.2, 0) is 12.8 Å². The predicted molar refractivity (Wildman–Crippen MR) is 85.8 cm³/mol. The molecule has 2 aromatic rings. The summed E-state index contributed by atoms with van der Waals surface area (Å²) in [4.78, 5) is 0. The van der Waals surface area contributed by atoms with Gasteiger partial charge in [-0.25, -0.2) is 4.39 Å². The van der Waals surface area contributed by atoms with E-state index in [-0.39, 0.29) is 16.9 Å². The summed E-state index contributed by atoms with van der Waals surface area (Å²) in [6.45, 7) is 0. The van der Waals surface area contributed by atoms with E-state index in [4.69, 9.17) is 11.6 Å². The molecule has 1 nitrogen and oxygen atoms in total. The molecule has 0 heterocycles. The van der Waals surface area contributed by atoms with Crippen LogP contribution < -0.4 is 5.32 Å². The summed E-state index contributed by atoms with van der Waals surface area (Å²) in [7, 11) is 1.89. The van der Waals surface area contributed by atoms with E-state index in [1.165, 1.54) is 5.56 Å². The number of likely N-dealkylation sites (N-methyl/N-ethyl adjacent to an activating group) is 1. The average Bonchev–Trinajstić information content (AvgIpc) is 2.45. The quantitative estimate of drug-likeness (QED) is 0.824. The van der Waals surface area contributed by atoms with Gasteiger partial charge >= 0.3 is 0 Å². The lowest BCUT2D eigenvalue weighted by Gasteiger charge is -2.17. The smallest absolute Gasteiger partial charge is 0.145 e. The van der Waals surface area contributed by atoms with Crippen LogP contribution in [0.5, 0.6) is 0 Å². The first kappa shape index (κ1) is 15.5. The third kappa shape index (κ3) is 4.05. The minimum absolute atomic E-state index is 0.171. The predicted octanol–water partition coefficient (Wildman–Crippen LogP) is 4.61.